The molecular weight excluding hydrogens is 234 g/mol. The second-order valence-electron chi connectivity index (χ2n) is 4.48. The molecule has 2 N–H and O–H groups in total. The summed E-state index contributed by atoms with van der Waals surface area (Å²) in [5.74, 6) is -1.56. The van der Waals surface area contributed by atoms with E-state index >= 15 is 0 Å². The number of methoxy groups -OCH3 is 1. The van der Waals surface area contributed by atoms with Gasteiger partial charge in [-0.15, -0.1) is 0 Å². The SMILES string of the molecule is COc1ccc(C)cc1NC(=O)[C@@H]1C[C@@H]1C(=O)O. The average molecular weight is 249 g/mol. The van der Waals surface area contributed by atoms with Crippen LogP contribution >= 0.6 is 0 Å². The fourth-order valence-corrected chi connectivity index (χ4v) is 1.90. The quantitative estimate of drug-likeness (QED) is 0.851. The zero-order valence-corrected chi connectivity index (χ0v) is 10.3. The summed E-state index contributed by atoms with van der Waals surface area (Å²) >= 11 is 0. The van der Waals surface area contributed by atoms with Gasteiger partial charge < -0.3 is 15.2 Å². The number of amides is 1. The Labute approximate surface area is 105 Å². The molecule has 0 saturated heterocycles. The molecule has 5 heteroatoms. The Hall–Kier alpha value is -2.04. The van der Waals surface area contributed by atoms with E-state index in [2.05, 4.69) is 5.32 Å². The van der Waals surface area contributed by atoms with Crippen molar-refractivity contribution in [3.05, 3.63) is 23.8 Å². The third-order valence-electron chi connectivity index (χ3n) is 3.06. The Kier molecular flexibility index (Phi) is 3.23. The summed E-state index contributed by atoms with van der Waals surface area (Å²) in [7, 11) is 1.53. The van der Waals surface area contributed by atoms with Gasteiger partial charge in [0.25, 0.3) is 0 Å². The maximum atomic E-state index is 11.8. The summed E-state index contributed by atoms with van der Waals surface area (Å²) in [4.78, 5) is 22.5. The van der Waals surface area contributed by atoms with Crippen molar-refractivity contribution in [3.8, 4) is 5.75 Å². The number of carbonyl (C=O) groups excluding carboxylic acids is 1. The van der Waals surface area contributed by atoms with Crippen molar-refractivity contribution in [1.29, 1.82) is 0 Å². The molecule has 0 bridgehead atoms. The first-order chi connectivity index (χ1) is 8.52. The van der Waals surface area contributed by atoms with E-state index in [-0.39, 0.29) is 5.91 Å². The van der Waals surface area contributed by atoms with Crippen LogP contribution in [0.5, 0.6) is 5.75 Å². The molecule has 1 aliphatic rings. The molecule has 0 heterocycles. The Bertz CT molecular complexity index is 498. The molecule has 1 aromatic rings. The predicted molar refractivity (Wildman–Crippen MR) is 65.6 cm³/mol. The molecule has 0 radical (unpaired) electrons. The van der Waals surface area contributed by atoms with Gasteiger partial charge in [-0.05, 0) is 31.0 Å². The first kappa shape index (κ1) is 12.4. The highest BCUT2D eigenvalue weighted by Gasteiger charge is 2.48. The van der Waals surface area contributed by atoms with Crippen molar-refractivity contribution in [2.45, 2.75) is 13.3 Å². The van der Waals surface area contributed by atoms with Gasteiger partial charge in [-0.2, -0.15) is 0 Å². The standard InChI is InChI=1S/C13H15NO4/c1-7-3-4-11(18-2)10(5-7)14-12(15)8-6-9(8)13(16)17/h3-5,8-9H,6H2,1-2H3,(H,14,15)(H,16,17)/t8-,9+/m1/s1. The van der Waals surface area contributed by atoms with Crippen molar-refractivity contribution in [2.24, 2.45) is 11.8 Å². The topological polar surface area (TPSA) is 75.6 Å². The van der Waals surface area contributed by atoms with Crippen molar-refractivity contribution in [2.75, 3.05) is 12.4 Å². The highest BCUT2D eigenvalue weighted by molar-refractivity contribution is 5.99. The molecular formula is C13H15NO4. The first-order valence-corrected chi connectivity index (χ1v) is 5.71. The number of ether oxygens (including phenoxy) is 1. The number of anilines is 1. The second-order valence-corrected chi connectivity index (χ2v) is 4.48. The van der Waals surface area contributed by atoms with E-state index in [9.17, 15) is 9.59 Å². The van der Waals surface area contributed by atoms with Crippen molar-refractivity contribution in [3.63, 3.8) is 0 Å². The van der Waals surface area contributed by atoms with Gasteiger partial charge in [0.1, 0.15) is 5.75 Å². The van der Waals surface area contributed by atoms with E-state index in [1.807, 2.05) is 13.0 Å². The molecule has 1 aliphatic carbocycles. The second kappa shape index (κ2) is 4.68. The minimum Gasteiger partial charge on any atom is -0.495 e. The Balaban J connectivity index is 2.08. The van der Waals surface area contributed by atoms with Crippen LogP contribution < -0.4 is 10.1 Å². The van der Waals surface area contributed by atoms with Gasteiger partial charge in [0.15, 0.2) is 0 Å². The molecule has 5 nitrogen and oxygen atoms in total. The van der Waals surface area contributed by atoms with Gasteiger partial charge in [0.05, 0.1) is 24.6 Å². The molecule has 1 saturated carbocycles. The molecule has 0 unspecified atom stereocenters. The summed E-state index contributed by atoms with van der Waals surface area (Å²) in [6.07, 6.45) is 0.412. The van der Waals surface area contributed by atoms with E-state index in [4.69, 9.17) is 9.84 Å². The summed E-state index contributed by atoms with van der Waals surface area (Å²) in [5.41, 5.74) is 1.58. The van der Waals surface area contributed by atoms with Gasteiger partial charge in [0.2, 0.25) is 5.91 Å². The van der Waals surface area contributed by atoms with Crippen LogP contribution in [0, 0.1) is 18.8 Å². The fourth-order valence-electron chi connectivity index (χ4n) is 1.90. The highest BCUT2D eigenvalue weighted by Crippen LogP contribution is 2.40. The zero-order chi connectivity index (χ0) is 13.3. The van der Waals surface area contributed by atoms with Crippen LogP contribution in [0.4, 0.5) is 5.69 Å². The number of benzene rings is 1. The summed E-state index contributed by atoms with van der Waals surface area (Å²) in [5, 5.41) is 11.5. The largest absolute Gasteiger partial charge is 0.495 e. The summed E-state index contributed by atoms with van der Waals surface area (Å²) in [6.45, 7) is 1.91. The maximum absolute atomic E-state index is 11.8. The first-order valence-electron chi connectivity index (χ1n) is 5.71. The van der Waals surface area contributed by atoms with Crippen molar-refractivity contribution in [1.82, 2.24) is 0 Å². The normalized spacial score (nSPS) is 21.2. The molecule has 0 aliphatic heterocycles. The lowest BCUT2D eigenvalue weighted by atomic mass is 10.2. The minimum absolute atomic E-state index is 0.258. The predicted octanol–water partition coefficient (Wildman–Crippen LogP) is 1.66. The number of rotatable bonds is 4. The number of carbonyl (C=O) groups is 2. The molecule has 1 fully saturated rings. The summed E-state index contributed by atoms with van der Waals surface area (Å²) < 4.78 is 5.14. The number of hydrogen-bond acceptors (Lipinski definition) is 3. The lowest BCUT2D eigenvalue weighted by molar-refractivity contribution is -0.139. The van der Waals surface area contributed by atoms with Crippen LogP contribution in [0.2, 0.25) is 0 Å². The third kappa shape index (κ3) is 2.45. The van der Waals surface area contributed by atoms with Crippen LogP contribution in [0.1, 0.15) is 12.0 Å². The number of hydrogen-bond donors (Lipinski definition) is 2. The molecule has 1 aromatic carbocycles. The fraction of sp³-hybridized carbons (Fsp3) is 0.385. The third-order valence-corrected chi connectivity index (χ3v) is 3.06. The van der Waals surface area contributed by atoms with Crippen LogP contribution in [-0.4, -0.2) is 24.1 Å². The van der Waals surface area contributed by atoms with Gasteiger partial charge in [-0.1, -0.05) is 6.07 Å². The van der Waals surface area contributed by atoms with E-state index in [1.54, 1.807) is 12.1 Å². The number of carboxylic acids is 1. The number of aliphatic carboxylic acids is 1. The van der Waals surface area contributed by atoms with Crippen LogP contribution in [0.3, 0.4) is 0 Å². The van der Waals surface area contributed by atoms with Gasteiger partial charge in [0, 0.05) is 0 Å². The van der Waals surface area contributed by atoms with Crippen LogP contribution in [0.25, 0.3) is 0 Å². The van der Waals surface area contributed by atoms with Crippen molar-refractivity contribution < 1.29 is 19.4 Å². The molecule has 2 atom stereocenters. The number of carboxylic acid groups (broad SMARTS) is 1. The molecule has 1 amide bonds. The van der Waals surface area contributed by atoms with Gasteiger partial charge in [-0.25, -0.2) is 0 Å². The highest BCUT2D eigenvalue weighted by atomic mass is 16.5. The van der Waals surface area contributed by atoms with Crippen LogP contribution in [0.15, 0.2) is 18.2 Å². The Morgan fingerprint density at radius 3 is 2.67 bits per heavy atom. The van der Waals surface area contributed by atoms with E-state index in [0.29, 0.717) is 17.9 Å². The summed E-state index contributed by atoms with van der Waals surface area (Å²) in [6, 6.07) is 5.45. The molecule has 2 rings (SSSR count). The van der Waals surface area contributed by atoms with E-state index < -0.39 is 17.8 Å². The maximum Gasteiger partial charge on any atom is 0.307 e. The monoisotopic (exact) mass is 249 g/mol. The molecule has 0 spiro atoms. The zero-order valence-electron chi connectivity index (χ0n) is 10.3. The van der Waals surface area contributed by atoms with Crippen molar-refractivity contribution >= 4 is 17.6 Å². The molecule has 18 heavy (non-hydrogen) atoms. The van der Waals surface area contributed by atoms with E-state index in [0.717, 1.165) is 5.56 Å². The minimum atomic E-state index is -0.911. The van der Waals surface area contributed by atoms with Gasteiger partial charge in [-0.3, -0.25) is 9.59 Å². The van der Waals surface area contributed by atoms with Gasteiger partial charge >= 0.3 is 5.97 Å². The van der Waals surface area contributed by atoms with E-state index in [1.165, 1.54) is 7.11 Å². The molecule has 96 valence electrons. The Morgan fingerprint density at radius 1 is 1.39 bits per heavy atom. The Morgan fingerprint density at radius 2 is 2.11 bits per heavy atom. The number of nitrogens with one attached hydrogen (secondary N) is 1. The lowest BCUT2D eigenvalue weighted by Crippen LogP contribution is -2.17. The smallest absolute Gasteiger partial charge is 0.307 e. The number of aryl methyl sites for hydroxylation is 1. The lowest BCUT2D eigenvalue weighted by Gasteiger charge is -2.10. The van der Waals surface area contributed by atoms with Crippen LogP contribution in [-0.2, 0) is 9.59 Å². The average Bonchev–Trinajstić information content (AvgIpc) is 3.09. The molecule has 0 aromatic heterocycles.